The summed E-state index contributed by atoms with van der Waals surface area (Å²) < 4.78 is 0. The standard InChI is InChI=1S/C25H24N2O2/c28-24(26-18-20-12-5-2-6-13-20)23-21-15-7-8-16-22(21)25(29)27(23)17-9-14-19-10-3-1-4-11-19/h1-8,10-13,15-16,23H,9,14,17-18H2,(H,26,28). The Hall–Kier alpha value is -3.40. The maximum absolute atomic E-state index is 13.1. The molecule has 0 spiro atoms. The number of hydrogen-bond acceptors (Lipinski definition) is 2. The quantitative estimate of drug-likeness (QED) is 0.666. The van der Waals surface area contributed by atoms with Gasteiger partial charge in [-0.15, -0.1) is 0 Å². The van der Waals surface area contributed by atoms with Gasteiger partial charge in [0, 0.05) is 18.7 Å². The van der Waals surface area contributed by atoms with E-state index in [9.17, 15) is 9.59 Å². The van der Waals surface area contributed by atoms with E-state index in [1.165, 1.54) is 5.56 Å². The molecular formula is C25H24N2O2. The third-order valence-electron chi connectivity index (χ3n) is 5.32. The first-order valence-corrected chi connectivity index (χ1v) is 9.99. The van der Waals surface area contributed by atoms with Crippen LogP contribution in [0.15, 0.2) is 84.9 Å². The Labute approximate surface area is 171 Å². The predicted molar refractivity (Wildman–Crippen MR) is 113 cm³/mol. The third kappa shape index (κ3) is 4.21. The van der Waals surface area contributed by atoms with Crippen molar-refractivity contribution >= 4 is 11.8 Å². The smallest absolute Gasteiger partial charge is 0.255 e. The summed E-state index contributed by atoms with van der Waals surface area (Å²) in [6.45, 7) is 0.996. The van der Waals surface area contributed by atoms with E-state index in [4.69, 9.17) is 0 Å². The van der Waals surface area contributed by atoms with Gasteiger partial charge < -0.3 is 10.2 Å². The molecule has 1 unspecified atom stereocenters. The molecule has 0 radical (unpaired) electrons. The van der Waals surface area contributed by atoms with Gasteiger partial charge in [-0.05, 0) is 35.6 Å². The molecule has 4 rings (SSSR count). The van der Waals surface area contributed by atoms with E-state index in [1.807, 2.05) is 72.8 Å². The fourth-order valence-corrected chi connectivity index (χ4v) is 3.86. The van der Waals surface area contributed by atoms with Crippen molar-refractivity contribution in [2.24, 2.45) is 0 Å². The minimum Gasteiger partial charge on any atom is -0.350 e. The van der Waals surface area contributed by atoms with Crippen LogP contribution in [0.1, 0.15) is 39.5 Å². The summed E-state index contributed by atoms with van der Waals surface area (Å²) in [6, 6.07) is 26.9. The Bertz CT molecular complexity index is 986. The molecule has 1 N–H and O–H groups in total. The fourth-order valence-electron chi connectivity index (χ4n) is 3.86. The molecule has 29 heavy (non-hydrogen) atoms. The van der Waals surface area contributed by atoms with Gasteiger partial charge in [-0.25, -0.2) is 0 Å². The van der Waals surface area contributed by atoms with Gasteiger partial charge >= 0.3 is 0 Å². The Balaban J connectivity index is 1.48. The molecule has 3 aromatic carbocycles. The van der Waals surface area contributed by atoms with Crippen LogP contribution in [0.25, 0.3) is 0 Å². The lowest BCUT2D eigenvalue weighted by Crippen LogP contribution is -2.39. The maximum Gasteiger partial charge on any atom is 0.255 e. The third-order valence-corrected chi connectivity index (χ3v) is 5.32. The second kappa shape index (κ2) is 8.74. The largest absolute Gasteiger partial charge is 0.350 e. The lowest BCUT2D eigenvalue weighted by Gasteiger charge is -2.24. The van der Waals surface area contributed by atoms with Crippen molar-refractivity contribution in [3.05, 3.63) is 107 Å². The van der Waals surface area contributed by atoms with Crippen LogP contribution in [0.4, 0.5) is 0 Å². The van der Waals surface area contributed by atoms with Crippen LogP contribution in [0, 0.1) is 0 Å². The summed E-state index contributed by atoms with van der Waals surface area (Å²) in [5.41, 5.74) is 3.70. The Morgan fingerprint density at radius 1 is 0.828 bits per heavy atom. The highest BCUT2D eigenvalue weighted by atomic mass is 16.2. The van der Waals surface area contributed by atoms with Crippen molar-refractivity contribution in [2.75, 3.05) is 6.54 Å². The van der Waals surface area contributed by atoms with Crippen LogP contribution < -0.4 is 5.32 Å². The number of nitrogens with zero attached hydrogens (tertiary/aromatic N) is 1. The van der Waals surface area contributed by atoms with Crippen LogP contribution in [-0.2, 0) is 17.8 Å². The fraction of sp³-hybridized carbons (Fsp3) is 0.200. The molecule has 0 bridgehead atoms. The molecule has 4 nitrogen and oxygen atoms in total. The Morgan fingerprint density at radius 2 is 1.45 bits per heavy atom. The summed E-state index contributed by atoms with van der Waals surface area (Å²) in [7, 11) is 0. The number of aryl methyl sites for hydroxylation is 1. The number of benzene rings is 3. The van der Waals surface area contributed by atoms with E-state index in [0.717, 1.165) is 24.0 Å². The van der Waals surface area contributed by atoms with Gasteiger partial charge in [0.15, 0.2) is 0 Å². The number of amides is 2. The summed E-state index contributed by atoms with van der Waals surface area (Å²) in [6.07, 6.45) is 1.69. The molecule has 2 amide bonds. The van der Waals surface area contributed by atoms with E-state index in [-0.39, 0.29) is 11.8 Å². The molecule has 0 fully saturated rings. The minimum absolute atomic E-state index is 0.0616. The molecule has 146 valence electrons. The van der Waals surface area contributed by atoms with Crippen LogP contribution in [-0.4, -0.2) is 23.3 Å². The van der Waals surface area contributed by atoms with Gasteiger partial charge in [-0.3, -0.25) is 9.59 Å². The van der Waals surface area contributed by atoms with Gasteiger partial charge in [0.05, 0.1) is 0 Å². The SMILES string of the molecule is O=C(NCc1ccccc1)C1c2ccccc2C(=O)N1CCCc1ccccc1. The molecule has 0 saturated carbocycles. The summed E-state index contributed by atoms with van der Waals surface area (Å²) in [4.78, 5) is 27.8. The number of carbonyl (C=O) groups excluding carboxylic acids is 2. The Kier molecular flexibility index (Phi) is 5.71. The van der Waals surface area contributed by atoms with E-state index >= 15 is 0 Å². The summed E-state index contributed by atoms with van der Waals surface area (Å²) >= 11 is 0. The summed E-state index contributed by atoms with van der Waals surface area (Å²) in [5, 5.41) is 3.01. The molecule has 0 saturated heterocycles. The topological polar surface area (TPSA) is 49.4 Å². The van der Waals surface area contributed by atoms with Gasteiger partial charge in [-0.1, -0.05) is 78.9 Å². The van der Waals surface area contributed by atoms with Crippen molar-refractivity contribution in [3.63, 3.8) is 0 Å². The van der Waals surface area contributed by atoms with Crippen LogP contribution >= 0.6 is 0 Å². The second-order valence-corrected chi connectivity index (χ2v) is 7.28. The van der Waals surface area contributed by atoms with E-state index < -0.39 is 6.04 Å². The van der Waals surface area contributed by atoms with Gasteiger partial charge in [0.2, 0.25) is 5.91 Å². The van der Waals surface area contributed by atoms with Crippen molar-refractivity contribution in [1.82, 2.24) is 10.2 Å². The Morgan fingerprint density at radius 3 is 2.17 bits per heavy atom. The number of carbonyl (C=O) groups is 2. The highest BCUT2D eigenvalue weighted by molar-refractivity contribution is 6.04. The van der Waals surface area contributed by atoms with Crippen LogP contribution in [0.5, 0.6) is 0 Å². The highest BCUT2D eigenvalue weighted by Crippen LogP contribution is 2.34. The first-order valence-electron chi connectivity index (χ1n) is 9.99. The van der Waals surface area contributed by atoms with Crippen LogP contribution in [0.2, 0.25) is 0 Å². The molecule has 0 aliphatic carbocycles. The van der Waals surface area contributed by atoms with Crippen molar-refractivity contribution < 1.29 is 9.59 Å². The lowest BCUT2D eigenvalue weighted by atomic mass is 10.0. The molecular weight excluding hydrogens is 360 g/mol. The zero-order valence-electron chi connectivity index (χ0n) is 16.3. The number of fused-ring (bicyclic) bond motifs is 1. The predicted octanol–water partition coefficient (Wildman–Crippen LogP) is 4.13. The molecule has 1 heterocycles. The highest BCUT2D eigenvalue weighted by Gasteiger charge is 2.40. The van der Waals surface area contributed by atoms with E-state index in [1.54, 1.807) is 4.90 Å². The maximum atomic E-state index is 13.1. The van der Waals surface area contributed by atoms with Crippen molar-refractivity contribution in [1.29, 1.82) is 0 Å². The average molecular weight is 384 g/mol. The van der Waals surface area contributed by atoms with Gasteiger partial charge in [-0.2, -0.15) is 0 Å². The molecule has 1 atom stereocenters. The number of nitrogens with one attached hydrogen (secondary N) is 1. The zero-order chi connectivity index (χ0) is 20.1. The van der Waals surface area contributed by atoms with Gasteiger partial charge in [0.25, 0.3) is 5.91 Å². The molecule has 4 heteroatoms. The first kappa shape index (κ1) is 18.9. The average Bonchev–Trinajstić information content (AvgIpc) is 3.06. The number of hydrogen-bond donors (Lipinski definition) is 1. The lowest BCUT2D eigenvalue weighted by molar-refractivity contribution is -0.125. The minimum atomic E-state index is -0.571. The summed E-state index contributed by atoms with van der Waals surface area (Å²) in [5.74, 6) is -0.194. The van der Waals surface area contributed by atoms with Crippen molar-refractivity contribution in [2.45, 2.75) is 25.4 Å². The molecule has 1 aliphatic rings. The van der Waals surface area contributed by atoms with E-state index in [2.05, 4.69) is 17.4 Å². The second-order valence-electron chi connectivity index (χ2n) is 7.28. The molecule has 0 aromatic heterocycles. The normalized spacial score (nSPS) is 15.2. The molecule has 3 aromatic rings. The van der Waals surface area contributed by atoms with Gasteiger partial charge in [0.1, 0.15) is 6.04 Å². The van der Waals surface area contributed by atoms with Crippen LogP contribution in [0.3, 0.4) is 0 Å². The monoisotopic (exact) mass is 384 g/mol. The molecule has 1 aliphatic heterocycles. The zero-order valence-corrected chi connectivity index (χ0v) is 16.3. The van der Waals surface area contributed by atoms with Crippen molar-refractivity contribution in [3.8, 4) is 0 Å². The number of rotatable bonds is 7. The van der Waals surface area contributed by atoms with E-state index in [0.29, 0.717) is 18.7 Å². The first-order chi connectivity index (χ1) is 14.2.